The number of fused-ring (bicyclic) bond motifs is 1. The molecule has 152 valence electrons. The number of H-pyrrole nitrogens is 1. The van der Waals surface area contributed by atoms with Gasteiger partial charge < -0.3 is 15.5 Å². The van der Waals surface area contributed by atoms with Gasteiger partial charge in [-0.25, -0.2) is 4.39 Å². The Labute approximate surface area is 169 Å². The fraction of sp³-hybridized carbons (Fsp3) is 0.375. The fourth-order valence-electron chi connectivity index (χ4n) is 4.72. The molecule has 2 aromatic carbocycles. The van der Waals surface area contributed by atoms with E-state index in [1.165, 1.54) is 11.6 Å². The summed E-state index contributed by atoms with van der Waals surface area (Å²) in [5, 5.41) is 1.01. The van der Waals surface area contributed by atoms with E-state index in [4.69, 9.17) is 10.5 Å². The average Bonchev–Trinajstić information content (AvgIpc) is 2.76. The Morgan fingerprint density at radius 3 is 2.62 bits per heavy atom. The van der Waals surface area contributed by atoms with Gasteiger partial charge in [0.15, 0.2) is 11.6 Å². The lowest BCUT2D eigenvalue weighted by Gasteiger charge is -2.44. The van der Waals surface area contributed by atoms with Gasteiger partial charge in [0, 0.05) is 17.7 Å². The topological polar surface area (TPSA) is 68.1 Å². The van der Waals surface area contributed by atoms with Gasteiger partial charge in [0.2, 0.25) is 0 Å². The first kappa shape index (κ1) is 19.6. The van der Waals surface area contributed by atoms with Crippen molar-refractivity contribution >= 4 is 10.8 Å². The molecule has 0 saturated heterocycles. The monoisotopic (exact) mass is 394 g/mol. The number of aromatic amines is 1. The molecule has 1 saturated carbocycles. The van der Waals surface area contributed by atoms with E-state index < -0.39 is 5.82 Å². The predicted molar refractivity (Wildman–Crippen MR) is 114 cm³/mol. The third kappa shape index (κ3) is 3.67. The van der Waals surface area contributed by atoms with Crippen LogP contribution < -0.4 is 16.0 Å². The molecule has 0 amide bonds. The number of nitrogens with one attached hydrogen (secondary N) is 1. The zero-order valence-corrected chi connectivity index (χ0v) is 16.7. The van der Waals surface area contributed by atoms with Crippen LogP contribution in [-0.2, 0) is 5.41 Å². The van der Waals surface area contributed by atoms with E-state index in [9.17, 15) is 9.18 Å². The summed E-state index contributed by atoms with van der Waals surface area (Å²) >= 11 is 0. The number of hydrogen-bond donors (Lipinski definition) is 2. The molecule has 0 aliphatic heterocycles. The second-order valence-corrected chi connectivity index (χ2v) is 8.03. The van der Waals surface area contributed by atoms with Gasteiger partial charge >= 0.3 is 0 Å². The van der Waals surface area contributed by atoms with Crippen molar-refractivity contribution in [2.24, 2.45) is 5.73 Å². The minimum absolute atomic E-state index is 0.0644. The van der Waals surface area contributed by atoms with Crippen molar-refractivity contribution in [2.75, 3.05) is 0 Å². The molecule has 1 atom stereocenters. The lowest BCUT2D eigenvalue weighted by molar-refractivity contribution is 0.100. The normalized spacial score (nSPS) is 23.1. The van der Waals surface area contributed by atoms with E-state index in [0.29, 0.717) is 10.8 Å². The summed E-state index contributed by atoms with van der Waals surface area (Å²) in [6.45, 7) is 2.13. The van der Waals surface area contributed by atoms with Crippen molar-refractivity contribution in [3.05, 3.63) is 76.5 Å². The molecular formula is C24H27FN2O2. The maximum absolute atomic E-state index is 14.6. The van der Waals surface area contributed by atoms with Crippen molar-refractivity contribution in [1.82, 2.24) is 4.98 Å². The summed E-state index contributed by atoms with van der Waals surface area (Å²) in [7, 11) is 0. The molecule has 0 unspecified atom stereocenters. The summed E-state index contributed by atoms with van der Waals surface area (Å²) in [4.78, 5) is 14.4. The molecule has 0 spiro atoms. The van der Waals surface area contributed by atoms with Crippen molar-refractivity contribution < 1.29 is 9.13 Å². The molecule has 1 aliphatic carbocycles. The van der Waals surface area contributed by atoms with Crippen LogP contribution in [0, 0.1) is 5.82 Å². The molecule has 4 nitrogen and oxygen atoms in total. The van der Waals surface area contributed by atoms with Crippen LogP contribution in [0.1, 0.15) is 44.6 Å². The van der Waals surface area contributed by atoms with Crippen LogP contribution >= 0.6 is 0 Å². The molecule has 3 N–H and O–H groups in total. The number of ether oxygens (including phenoxy) is 1. The molecule has 1 fully saturated rings. The van der Waals surface area contributed by atoms with Crippen molar-refractivity contribution in [3.8, 4) is 5.75 Å². The van der Waals surface area contributed by atoms with E-state index in [1.807, 2.05) is 6.07 Å². The Kier molecular flexibility index (Phi) is 5.41. The Bertz CT molecular complexity index is 1040. The standard InChI is InChI=1S/C24H27FN2O2/c1-2-22(26)24(17-6-4-3-5-7-17)11-8-18(9-12-24)29-21-14-16-10-13-27-23(28)19(16)15-20(21)25/h3-7,10,13-15,18,22H,2,8-9,11-12,26H2,1H3,(H,27,28)/t18-,22-,24-/m1/s1. The lowest BCUT2D eigenvalue weighted by Crippen LogP contribution is -2.48. The number of halogens is 1. The van der Waals surface area contributed by atoms with Gasteiger partial charge in [-0.1, -0.05) is 37.3 Å². The highest BCUT2D eigenvalue weighted by Gasteiger charge is 2.41. The first-order valence-electron chi connectivity index (χ1n) is 10.3. The van der Waals surface area contributed by atoms with Gasteiger partial charge in [0.05, 0.1) is 11.5 Å². The van der Waals surface area contributed by atoms with Gasteiger partial charge in [0.1, 0.15) is 0 Å². The van der Waals surface area contributed by atoms with E-state index in [0.717, 1.165) is 32.1 Å². The van der Waals surface area contributed by atoms with E-state index in [-0.39, 0.29) is 28.9 Å². The second kappa shape index (κ2) is 7.99. The number of pyridine rings is 1. The Morgan fingerprint density at radius 2 is 1.93 bits per heavy atom. The second-order valence-electron chi connectivity index (χ2n) is 8.03. The van der Waals surface area contributed by atoms with Crippen LogP contribution in [0.15, 0.2) is 59.5 Å². The van der Waals surface area contributed by atoms with Crippen LogP contribution in [0.25, 0.3) is 10.8 Å². The van der Waals surface area contributed by atoms with E-state index in [2.05, 4.69) is 36.2 Å². The highest BCUT2D eigenvalue weighted by molar-refractivity contribution is 5.82. The minimum Gasteiger partial charge on any atom is -0.487 e. The Hall–Kier alpha value is -2.66. The van der Waals surface area contributed by atoms with Gasteiger partial charge in [0.25, 0.3) is 5.56 Å². The fourth-order valence-corrected chi connectivity index (χ4v) is 4.72. The number of hydrogen-bond acceptors (Lipinski definition) is 3. The minimum atomic E-state index is -0.501. The van der Waals surface area contributed by atoms with Crippen LogP contribution in [0.5, 0.6) is 5.75 Å². The first-order valence-corrected chi connectivity index (χ1v) is 10.3. The van der Waals surface area contributed by atoms with E-state index >= 15 is 0 Å². The SMILES string of the molecule is CC[C@@H](N)[C@]1(c2ccccc2)CC[C@@H](Oc2cc3cc[nH]c(=O)c3cc2F)CC1. The highest BCUT2D eigenvalue weighted by atomic mass is 19.1. The molecule has 5 heteroatoms. The first-order chi connectivity index (χ1) is 14.0. The molecule has 4 rings (SSSR count). The molecule has 1 aromatic heterocycles. The number of rotatable bonds is 5. The average molecular weight is 394 g/mol. The van der Waals surface area contributed by atoms with Crippen LogP contribution in [-0.4, -0.2) is 17.1 Å². The van der Waals surface area contributed by atoms with Gasteiger partial charge in [-0.15, -0.1) is 0 Å². The molecule has 0 bridgehead atoms. The number of aromatic nitrogens is 1. The van der Waals surface area contributed by atoms with Crippen LogP contribution in [0.2, 0.25) is 0 Å². The van der Waals surface area contributed by atoms with Crippen LogP contribution in [0.3, 0.4) is 0 Å². The highest BCUT2D eigenvalue weighted by Crippen LogP contribution is 2.43. The molecular weight excluding hydrogens is 367 g/mol. The maximum atomic E-state index is 14.6. The smallest absolute Gasteiger partial charge is 0.255 e. The van der Waals surface area contributed by atoms with Gasteiger partial charge in [-0.3, -0.25) is 4.79 Å². The third-order valence-corrected chi connectivity index (χ3v) is 6.44. The largest absolute Gasteiger partial charge is 0.487 e. The zero-order valence-electron chi connectivity index (χ0n) is 16.7. The van der Waals surface area contributed by atoms with Crippen molar-refractivity contribution in [3.63, 3.8) is 0 Å². The maximum Gasteiger partial charge on any atom is 0.255 e. The zero-order chi connectivity index (χ0) is 20.4. The summed E-state index contributed by atoms with van der Waals surface area (Å²) in [6.07, 6.45) is 5.86. The molecule has 3 aromatic rings. The van der Waals surface area contributed by atoms with Crippen molar-refractivity contribution in [2.45, 2.75) is 56.6 Å². The number of benzene rings is 2. The Morgan fingerprint density at radius 1 is 1.21 bits per heavy atom. The summed E-state index contributed by atoms with van der Waals surface area (Å²) in [5.74, 6) is -0.292. The lowest BCUT2D eigenvalue weighted by atomic mass is 9.64. The number of nitrogens with two attached hydrogens (primary N) is 1. The van der Waals surface area contributed by atoms with Gasteiger partial charge in [-0.2, -0.15) is 0 Å². The predicted octanol–water partition coefficient (Wildman–Crippen LogP) is 4.66. The molecule has 29 heavy (non-hydrogen) atoms. The Balaban J connectivity index is 1.54. The van der Waals surface area contributed by atoms with Gasteiger partial charge in [-0.05, 0) is 61.3 Å². The van der Waals surface area contributed by atoms with E-state index in [1.54, 1.807) is 18.3 Å². The summed E-state index contributed by atoms with van der Waals surface area (Å²) in [5.41, 5.74) is 7.50. The molecule has 1 aliphatic rings. The van der Waals surface area contributed by atoms with Crippen LogP contribution in [0.4, 0.5) is 4.39 Å². The summed E-state index contributed by atoms with van der Waals surface area (Å²) < 4.78 is 20.6. The quantitative estimate of drug-likeness (QED) is 0.661. The molecule has 0 radical (unpaired) electrons. The van der Waals surface area contributed by atoms with Crippen molar-refractivity contribution in [1.29, 1.82) is 0 Å². The third-order valence-electron chi connectivity index (χ3n) is 6.44. The molecule has 1 heterocycles. The summed E-state index contributed by atoms with van der Waals surface area (Å²) in [6, 6.07) is 15.2.